The molecular weight excluding hydrogens is 458 g/mol. The maximum Gasteiger partial charge on any atom is 0.253 e. The van der Waals surface area contributed by atoms with E-state index in [0.717, 1.165) is 57.9 Å². The van der Waals surface area contributed by atoms with Crippen molar-refractivity contribution in [3.8, 4) is 22.8 Å². The molecule has 5 rings (SSSR count). The van der Waals surface area contributed by atoms with E-state index in [4.69, 9.17) is 9.72 Å². The van der Waals surface area contributed by atoms with Gasteiger partial charge in [0.05, 0.1) is 27.0 Å². The van der Waals surface area contributed by atoms with Crippen LogP contribution in [0.15, 0.2) is 60.8 Å². The molecular formula is C28H29N3O3S. The van der Waals surface area contributed by atoms with E-state index >= 15 is 0 Å². The monoisotopic (exact) mass is 487 g/mol. The molecule has 1 aliphatic carbocycles. The van der Waals surface area contributed by atoms with Crippen molar-refractivity contribution in [3.05, 3.63) is 71.4 Å². The maximum atomic E-state index is 12.3. The molecule has 1 amide bonds. The van der Waals surface area contributed by atoms with Gasteiger partial charge in [0.25, 0.3) is 5.91 Å². The second-order valence-electron chi connectivity index (χ2n) is 9.31. The number of thiazole rings is 1. The van der Waals surface area contributed by atoms with Gasteiger partial charge >= 0.3 is 0 Å². The number of carbonyl (C=O) groups excluding carboxylic acids is 1. The normalized spacial score (nSPS) is 17.9. The molecule has 1 N–H and O–H groups in total. The number of pyridine rings is 1. The van der Waals surface area contributed by atoms with E-state index < -0.39 is 0 Å². The van der Waals surface area contributed by atoms with Crippen molar-refractivity contribution in [2.24, 2.45) is 5.92 Å². The Morgan fingerprint density at radius 2 is 1.91 bits per heavy atom. The van der Waals surface area contributed by atoms with Gasteiger partial charge in [-0.3, -0.25) is 9.78 Å². The highest BCUT2D eigenvalue weighted by Gasteiger charge is 2.24. The zero-order valence-electron chi connectivity index (χ0n) is 20.0. The van der Waals surface area contributed by atoms with E-state index in [1.165, 1.54) is 6.42 Å². The molecule has 35 heavy (non-hydrogen) atoms. The van der Waals surface area contributed by atoms with Gasteiger partial charge in [-0.2, -0.15) is 0 Å². The summed E-state index contributed by atoms with van der Waals surface area (Å²) in [7, 11) is 3.48. The molecule has 0 bridgehead atoms. The Labute approximate surface area is 209 Å². The van der Waals surface area contributed by atoms with Crippen LogP contribution in [0.5, 0.6) is 11.5 Å². The molecule has 0 unspecified atom stereocenters. The highest BCUT2D eigenvalue weighted by atomic mass is 32.1. The van der Waals surface area contributed by atoms with Crippen molar-refractivity contribution in [2.45, 2.75) is 38.2 Å². The van der Waals surface area contributed by atoms with Crippen LogP contribution in [0.2, 0.25) is 0 Å². The van der Waals surface area contributed by atoms with Crippen LogP contribution >= 0.6 is 11.3 Å². The third kappa shape index (κ3) is 5.36. The lowest BCUT2D eigenvalue weighted by molar-refractivity contribution is 0.0700. The molecule has 0 aliphatic heterocycles. The SMILES string of the molecule is CN(C)C(=O)c1cccc(-c2cc(Oc3ccc4nc(C[C@@H]5CCCC[C@H]5O)sc4c3)ccn2)c1. The van der Waals surface area contributed by atoms with Gasteiger partial charge in [-0.1, -0.05) is 25.0 Å². The van der Waals surface area contributed by atoms with Crippen LogP contribution < -0.4 is 4.74 Å². The fourth-order valence-electron chi connectivity index (χ4n) is 4.59. The molecule has 2 heterocycles. The van der Waals surface area contributed by atoms with Crippen LogP contribution in [-0.4, -0.2) is 46.1 Å². The van der Waals surface area contributed by atoms with E-state index in [9.17, 15) is 9.90 Å². The number of fused-ring (bicyclic) bond motifs is 1. The predicted octanol–water partition coefficient (Wildman–Crippen LogP) is 5.95. The van der Waals surface area contributed by atoms with Crippen molar-refractivity contribution in [1.82, 2.24) is 14.9 Å². The Bertz CT molecular complexity index is 1350. The minimum Gasteiger partial charge on any atom is -0.457 e. The standard InChI is InChI=1S/C28H29N3O3S/c1-31(2)28(33)20-8-5-7-18(14-20)24-16-22(12-13-29-24)34-21-10-11-23-26(17-21)35-27(30-23)15-19-6-3-4-9-25(19)32/h5,7-8,10-14,16-17,19,25,32H,3-4,6,9,15H2,1-2H3/t19-,25+/m0/s1. The highest BCUT2D eigenvalue weighted by Crippen LogP contribution is 2.33. The van der Waals surface area contributed by atoms with Crippen LogP contribution in [0.1, 0.15) is 41.0 Å². The summed E-state index contributed by atoms with van der Waals surface area (Å²) >= 11 is 1.67. The summed E-state index contributed by atoms with van der Waals surface area (Å²) < 4.78 is 7.24. The van der Waals surface area contributed by atoms with Crippen LogP contribution in [0.25, 0.3) is 21.5 Å². The maximum absolute atomic E-state index is 12.3. The number of aliphatic hydroxyl groups excluding tert-OH is 1. The molecule has 180 valence electrons. The Morgan fingerprint density at radius 1 is 1.09 bits per heavy atom. The summed E-state index contributed by atoms with van der Waals surface area (Å²) in [5.41, 5.74) is 3.17. The summed E-state index contributed by atoms with van der Waals surface area (Å²) in [6.45, 7) is 0. The molecule has 1 aliphatic rings. The Kier molecular flexibility index (Phi) is 6.79. The lowest BCUT2D eigenvalue weighted by atomic mass is 9.84. The van der Waals surface area contributed by atoms with Crippen LogP contribution in [-0.2, 0) is 6.42 Å². The van der Waals surface area contributed by atoms with Gasteiger partial charge < -0.3 is 14.7 Å². The second-order valence-corrected chi connectivity index (χ2v) is 10.4. The minimum atomic E-state index is -0.211. The fourth-order valence-corrected chi connectivity index (χ4v) is 5.68. The van der Waals surface area contributed by atoms with Gasteiger partial charge in [0.15, 0.2) is 0 Å². The van der Waals surface area contributed by atoms with Crippen LogP contribution in [0.3, 0.4) is 0 Å². The lowest BCUT2D eigenvalue weighted by Gasteiger charge is -2.26. The summed E-state index contributed by atoms with van der Waals surface area (Å²) in [6.07, 6.45) is 6.62. The van der Waals surface area contributed by atoms with Gasteiger partial charge in [-0.05, 0) is 49.1 Å². The van der Waals surface area contributed by atoms with Crippen molar-refractivity contribution in [3.63, 3.8) is 0 Å². The number of hydrogen-bond donors (Lipinski definition) is 1. The molecule has 2 aromatic heterocycles. The molecule has 2 atom stereocenters. The van der Waals surface area contributed by atoms with E-state index in [0.29, 0.717) is 17.2 Å². The summed E-state index contributed by atoms with van der Waals surface area (Å²) in [4.78, 5) is 23.2. The first-order valence-corrected chi connectivity index (χ1v) is 12.8. The van der Waals surface area contributed by atoms with Gasteiger partial charge in [-0.25, -0.2) is 4.98 Å². The minimum absolute atomic E-state index is 0.0468. The average Bonchev–Trinajstić information content (AvgIpc) is 3.27. The van der Waals surface area contributed by atoms with Crippen LogP contribution in [0, 0.1) is 5.92 Å². The number of aromatic nitrogens is 2. The molecule has 2 aromatic carbocycles. The summed E-state index contributed by atoms with van der Waals surface area (Å²) in [5, 5.41) is 11.4. The zero-order valence-corrected chi connectivity index (χ0v) is 20.8. The van der Waals surface area contributed by atoms with Crippen molar-refractivity contribution in [2.75, 3.05) is 14.1 Å². The first-order valence-electron chi connectivity index (χ1n) is 12.0. The average molecular weight is 488 g/mol. The molecule has 1 fully saturated rings. The van der Waals surface area contributed by atoms with Gasteiger partial charge in [0.2, 0.25) is 0 Å². The highest BCUT2D eigenvalue weighted by molar-refractivity contribution is 7.18. The summed E-state index contributed by atoms with van der Waals surface area (Å²) in [6, 6.07) is 17.1. The first kappa shape index (κ1) is 23.5. The largest absolute Gasteiger partial charge is 0.457 e. The van der Waals surface area contributed by atoms with E-state index in [2.05, 4.69) is 4.98 Å². The molecule has 6 nitrogen and oxygen atoms in total. The molecule has 0 spiro atoms. The third-order valence-corrected chi connectivity index (χ3v) is 7.53. The molecule has 7 heteroatoms. The number of carbonyl (C=O) groups is 1. The van der Waals surface area contributed by atoms with Gasteiger partial charge in [0.1, 0.15) is 11.5 Å². The topological polar surface area (TPSA) is 75.6 Å². The smallest absolute Gasteiger partial charge is 0.253 e. The second kappa shape index (κ2) is 10.1. The van der Waals surface area contributed by atoms with Crippen molar-refractivity contribution >= 4 is 27.5 Å². The lowest BCUT2D eigenvalue weighted by Crippen LogP contribution is -2.26. The number of ether oxygens (including phenoxy) is 1. The van der Waals surface area contributed by atoms with Crippen molar-refractivity contribution < 1.29 is 14.6 Å². The number of amides is 1. The van der Waals surface area contributed by atoms with Gasteiger partial charge in [0, 0.05) is 50.0 Å². The van der Waals surface area contributed by atoms with E-state index in [-0.39, 0.29) is 12.0 Å². The number of benzene rings is 2. The molecule has 0 saturated heterocycles. The zero-order chi connectivity index (χ0) is 24.4. The molecule has 0 radical (unpaired) electrons. The predicted molar refractivity (Wildman–Crippen MR) is 139 cm³/mol. The summed E-state index contributed by atoms with van der Waals surface area (Å²) in [5.74, 6) is 1.67. The first-order chi connectivity index (χ1) is 17.0. The Hall–Kier alpha value is -3.29. The Morgan fingerprint density at radius 3 is 2.74 bits per heavy atom. The van der Waals surface area contributed by atoms with Crippen LogP contribution in [0.4, 0.5) is 0 Å². The third-order valence-electron chi connectivity index (χ3n) is 6.49. The Balaban J connectivity index is 1.33. The van der Waals surface area contributed by atoms with E-state index in [1.807, 2.05) is 48.5 Å². The molecule has 1 saturated carbocycles. The van der Waals surface area contributed by atoms with E-state index in [1.54, 1.807) is 42.6 Å². The molecule has 4 aromatic rings. The number of hydrogen-bond acceptors (Lipinski definition) is 6. The van der Waals surface area contributed by atoms with Crippen molar-refractivity contribution in [1.29, 1.82) is 0 Å². The number of aliphatic hydroxyl groups is 1. The quantitative estimate of drug-likeness (QED) is 0.364. The number of nitrogens with zero attached hydrogens (tertiary/aromatic N) is 3. The van der Waals surface area contributed by atoms with Gasteiger partial charge in [-0.15, -0.1) is 11.3 Å². The fraction of sp³-hybridized carbons (Fsp3) is 0.321. The number of rotatable bonds is 6.